The number of thiazole rings is 1. The van der Waals surface area contributed by atoms with Crippen molar-refractivity contribution in [1.29, 1.82) is 5.26 Å². The van der Waals surface area contributed by atoms with Gasteiger partial charge in [-0.05, 0) is 75.2 Å². The lowest BCUT2D eigenvalue weighted by Gasteiger charge is -2.12. The third-order valence-electron chi connectivity index (χ3n) is 5.87. The van der Waals surface area contributed by atoms with Crippen LogP contribution in [0.15, 0.2) is 48.7 Å². The second kappa shape index (κ2) is 8.98. The van der Waals surface area contributed by atoms with Gasteiger partial charge in [-0.25, -0.2) is 14.4 Å². The van der Waals surface area contributed by atoms with Crippen LogP contribution in [0.25, 0.3) is 27.3 Å². The fourth-order valence-electron chi connectivity index (χ4n) is 4.15. The highest BCUT2D eigenvalue weighted by molar-refractivity contribution is 7.17. The van der Waals surface area contributed by atoms with Crippen molar-refractivity contribution in [2.75, 3.05) is 5.32 Å². The van der Waals surface area contributed by atoms with Gasteiger partial charge < -0.3 is 5.32 Å². The highest BCUT2D eigenvalue weighted by Crippen LogP contribution is 2.30. The lowest BCUT2D eigenvalue weighted by atomic mass is 10.0. The number of aryl methyl sites for hydroxylation is 4. The Bertz CT molecular complexity index is 1690. The van der Waals surface area contributed by atoms with Crippen LogP contribution in [0.3, 0.4) is 0 Å². The van der Waals surface area contributed by atoms with Crippen molar-refractivity contribution in [1.82, 2.24) is 19.7 Å². The number of hydrogen-bond donors (Lipinski definition) is 1. The molecular formula is C27H21FN6OS. The maximum Gasteiger partial charge on any atom is 0.268 e. The molecule has 0 atom stereocenters. The van der Waals surface area contributed by atoms with Gasteiger partial charge in [0.15, 0.2) is 11.6 Å². The van der Waals surface area contributed by atoms with Crippen LogP contribution in [0, 0.1) is 44.8 Å². The zero-order valence-electron chi connectivity index (χ0n) is 20.0. The van der Waals surface area contributed by atoms with Gasteiger partial charge in [-0.2, -0.15) is 15.0 Å². The Kier molecular flexibility index (Phi) is 5.82. The van der Waals surface area contributed by atoms with Gasteiger partial charge in [0.25, 0.3) is 5.91 Å². The van der Waals surface area contributed by atoms with Crippen molar-refractivity contribution in [2.45, 2.75) is 27.7 Å². The number of nitriles is 1. The molecule has 9 heteroatoms. The first-order valence-electron chi connectivity index (χ1n) is 11.2. The van der Waals surface area contributed by atoms with Crippen LogP contribution >= 0.6 is 11.3 Å². The zero-order valence-corrected chi connectivity index (χ0v) is 20.9. The Morgan fingerprint density at radius 1 is 1.06 bits per heavy atom. The fraction of sp³-hybridized carbons (Fsp3) is 0.148. The number of carbonyl (C=O) groups excluding carboxylic acids is 1. The molecule has 36 heavy (non-hydrogen) atoms. The number of benzene rings is 2. The van der Waals surface area contributed by atoms with Gasteiger partial charge in [-0.1, -0.05) is 11.6 Å². The number of halogens is 1. The first-order chi connectivity index (χ1) is 17.2. The van der Waals surface area contributed by atoms with E-state index in [1.165, 1.54) is 34.3 Å². The van der Waals surface area contributed by atoms with Crippen LogP contribution in [0.5, 0.6) is 0 Å². The van der Waals surface area contributed by atoms with Crippen LogP contribution in [0.2, 0.25) is 0 Å². The van der Waals surface area contributed by atoms with Crippen LogP contribution in [-0.4, -0.2) is 25.7 Å². The monoisotopic (exact) mass is 496 g/mol. The number of hydrogen-bond acceptors (Lipinski definition) is 6. The third kappa shape index (κ3) is 4.12. The van der Waals surface area contributed by atoms with Gasteiger partial charge in [0.1, 0.15) is 27.3 Å². The summed E-state index contributed by atoms with van der Waals surface area (Å²) in [7, 11) is 0. The molecule has 0 saturated carbocycles. The molecule has 1 N–H and O–H groups in total. The Hall–Kier alpha value is -4.42. The molecule has 0 radical (unpaired) electrons. The molecule has 7 nitrogen and oxygen atoms in total. The van der Waals surface area contributed by atoms with Gasteiger partial charge in [0.05, 0.1) is 17.4 Å². The summed E-state index contributed by atoms with van der Waals surface area (Å²) in [5, 5.41) is 18.5. The Morgan fingerprint density at radius 3 is 2.53 bits per heavy atom. The Morgan fingerprint density at radius 2 is 1.81 bits per heavy atom. The minimum absolute atomic E-state index is 0.212. The van der Waals surface area contributed by atoms with Crippen LogP contribution in [-0.2, 0) is 0 Å². The highest BCUT2D eigenvalue weighted by atomic mass is 32.1. The molecule has 3 heterocycles. The van der Waals surface area contributed by atoms with Crippen molar-refractivity contribution in [3.05, 3.63) is 87.3 Å². The summed E-state index contributed by atoms with van der Waals surface area (Å²) in [6.07, 6.45) is 1.41. The summed E-state index contributed by atoms with van der Waals surface area (Å²) in [5.41, 5.74) is 5.49. The van der Waals surface area contributed by atoms with Gasteiger partial charge >= 0.3 is 0 Å². The predicted molar refractivity (Wildman–Crippen MR) is 138 cm³/mol. The topological polar surface area (TPSA) is 96.5 Å². The maximum atomic E-state index is 13.3. The van der Waals surface area contributed by atoms with E-state index in [0.717, 1.165) is 27.6 Å². The molecule has 178 valence electrons. The van der Waals surface area contributed by atoms with Crippen LogP contribution < -0.4 is 5.32 Å². The number of rotatable bonds is 4. The largest absolute Gasteiger partial charge is 0.305 e. The SMILES string of the molecule is Cc1cc(C)c2nc(-n3ncc(C#N)c3NC(=O)c3sc(-c4ccc(F)cc4)nc3C)cc(C)c2c1. The smallest absolute Gasteiger partial charge is 0.268 e. The molecule has 0 aliphatic carbocycles. The van der Waals surface area contributed by atoms with Gasteiger partial charge in [0, 0.05) is 10.9 Å². The summed E-state index contributed by atoms with van der Waals surface area (Å²) >= 11 is 1.20. The first-order valence-corrected chi connectivity index (χ1v) is 12.0. The summed E-state index contributed by atoms with van der Waals surface area (Å²) in [5.74, 6) is -0.0301. The zero-order chi connectivity index (χ0) is 25.6. The molecule has 1 amide bonds. The number of aromatic nitrogens is 4. The van der Waals surface area contributed by atoms with Crippen molar-refractivity contribution < 1.29 is 9.18 Å². The number of anilines is 1. The van der Waals surface area contributed by atoms with Gasteiger partial charge in [-0.3, -0.25) is 4.79 Å². The van der Waals surface area contributed by atoms with E-state index in [2.05, 4.69) is 33.6 Å². The van der Waals surface area contributed by atoms with E-state index < -0.39 is 5.91 Å². The number of amides is 1. The minimum Gasteiger partial charge on any atom is -0.305 e. The van der Waals surface area contributed by atoms with E-state index >= 15 is 0 Å². The number of nitrogens with zero attached hydrogens (tertiary/aromatic N) is 5. The molecular weight excluding hydrogens is 475 g/mol. The Labute approximate surface area is 210 Å². The number of pyridine rings is 1. The fourth-order valence-corrected chi connectivity index (χ4v) is 5.11. The van der Waals surface area contributed by atoms with Crippen molar-refractivity contribution in [2.24, 2.45) is 0 Å². The molecule has 5 aromatic rings. The molecule has 2 aromatic carbocycles. The third-order valence-corrected chi connectivity index (χ3v) is 7.08. The van der Waals surface area contributed by atoms with Crippen LogP contribution in [0.1, 0.15) is 37.6 Å². The van der Waals surface area contributed by atoms with E-state index in [1.54, 1.807) is 19.1 Å². The molecule has 0 bridgehead atoms. The lowest BCUT2D eigenvalue weighted by Crippen LogP contribution is -2.16. The average Bonchev–Trinajstić information content (AvgIpc) is 3.43. The maximum absolute atomic E-state index is 13.3. The molecule has 5 rings (SSSR count). The van der Waals surface area contributed by atoms with Gasteiger partial charge in [-0.15, -0.1) is 11.3 Å². The van der Waals surface area contributed by atoms with Crippen molar-refractivity contribution in [3.63, 3.8) is 0 Å². The molecule has 0 aliphatic heterocycles. The second-order valence-electron chi connectivity index (χ2n) is 8.60. The van der Waals surface area contributed by atoms with Gasteiger partial charge in [0.2, 0.25) is 0 Å². The quantitative estimate of drug-likeness (QED) is 0.327. The number of fused-ring (bicyclic) bond motifs is 1. The number of nitrogens with one attached hydrogen (secondary N) is 1. The molecule has 0 fully saturated rings. The Balaban J connectivity index is 1.54. The molecule has 0 saturated heterocycles. The lowest BCUT2D eigenvalue weighted by molar-refractivity contribution is 0.102. The molecule has 0 spiro atoms. The molecule has 3 aromatic heterocycles. The molecule has 0 aliphatic rings. The summed E-state index contributed by atoms with van der Waals surface area (Å²) < 4.78 is 14.8. The minimum atomic E-state index is -0.416. The standard InChI is InChI=1S/C27H21FN6OS/c1-14-9-16(3)23-21(10-14)15(2)11-22(32-23)34-25(19(12-29)13-30-34)33-26(35)24-17(4)31-27(36-24)18-5-7-20(28)8-6-18/h5-11,13H,1-4H3,(H,33,35). The van der Waals surface area contributed by atoms with Crippen LogP contribution in [0.4, 0.5) is 10.2 Å². The summed E-state index contributed by atoms with van der Waals surface area (Å²) in [6, 6.07) is 14.1. The van der Waals surface area contributed by atoms with E-state index in [0.29, 0.717) is 27.0 Å². The highest BCUT2D eigenvalue weighted by Gasteiger charge is 2.22. The van der Waals surface area contributed by atoms with E-state index in [-0.39, 0.29) is 17.2 Å². The second-order valence-corrected chi connectivity index (χ2v) is 9.60. The average molecular weight is 497 g/mol. The predicted octanol–water partition coefficient (Wildman–Crippen LogP) is 6.04. The summed E-state index contributed by atoms with van der Waals surface area (Å²) in [6.45, 7) is 7.78. The molecule has 0 unspecified atom stereocenters. The van der Waals surface area contributed by atoms with E-state index in [1.807, 2.05) is 26.8 Å². The number of carbonyl (C=O) groups is 1. The summed E-state index contributed by atoms with van der Waals surface area (Å²) in [4.78, 5) is 23.0. The van der Waals surface area contributed by atoms with E-state index in [9.17, 15) is 14.4 Å². The normalized spacial score (nSPS) is 11.0. The van der Waals surface area contributed by atoms with Crippen molar-refractivity contribution >= 4 is 34.0 Å². The van der Waals surface area contributed by atoms with E-state index in [4.69, 9.17) is 4.98 Å². The van der Waals surface area contributed by atoms with Crippen molar-refractivity contribution in [3.8, 4) is 22.5 Å². The first kappa shape index (κ1) is 23.3.